The van der Waals surface area contributed by atoms with Gasteiger partial charge in [-0.15, -0.1) is 11.3 Å². The standard InChI is InChI=1S/C20H25N3O2S/c1-13-9-11-14(12-10-13)18(24)21-20-17(19(25)22-23(2)3)15-7-5-4-6-8-16(15)26-20/h9-12H,4-8H2,1-3H3,(H,21,24)(H,22,25). The molecule has 0 unspecified atom stereocenters. The number of thiophene rings is 1. The molecular formula is C20H25N3O2S. The Hall–Kier alpha value is -2.18. The van der Waals surface area contributed by atoms with Crippen molar-refractivity contribution in [3.05, 3.63) is 51.4 Å². The summed E-state index contributed by atoms with van der Waals surface area (Å²) in [4.78, 5) is 26.7. The van der Waals surface area contributed by atoms with Crippen LogP contribution >= 0.6 is 11.3 Å². The lowest BCUT2D eigenvalue weighted by Gasteiger charge is -2.14. The highest BCUT2D eigenvalue weighted by molar-refractivity contribution is 7.17. The van der Waals surface area contributed by atoms with Crippen molar-refractivity contribution >= 4 is 28.2 Å². The SMILES string of the molecule is Cc1ccc(C(=O)Nc2sc3c(c2C(=O)NN(C)C)CCCCC3)cc1. The fourth-order valence-corrected chi connectivity index (χ4v) is 4.49. The Bertz CT molecular complexity index is 809. The molecule has 0 radical (unpaired) electrons. The summed E-state index contributed by atoms with van der Waals surface area (Å²) in [5.41, 5.74) is 6.26. The lowest BCUT2D eigenvalue weighted by Crippen LogP contribution is -2.36. The summed E-state index contributed by atoms with van der Waals surface area (Å²) >= 11 is 1.55. The molecule has 6 heteroatoms. The summed E-state index contributed by atoms with van der Waals surface area (Å²) in [7, 11) is 3.57. The lowest BCUT2D eigenvalue weighted by atomic mass is 10.0. The minimum absolute atomic E-state index is 0.159. The largest absolute Gasteiger partial charge is 0.313 e. The van der Waals surface area contributed by atoms with Gasteiger partial charge in [0.05, 0.1) is 5.56 Å². The first kappa shape index (κ1) is 18.6. The van der Waals surface area contributed by atoms with E-state index in [1.807, 2.05) is 31.2 Å². The second kappa shape index (κ2) is 8.01. The first-order valence-corrected chi connectivity index (χ1v) is 9.78. The number of aryl methyl sites for hydroxylation is 2. The molecule has 26 heavy (non-hydrogen) atoms. The van der Waals surface area contributed by atoms with Crippen molar-refractivity contribution < 1.29 is 9.59 Å². The zero-order valence-electron chi connectivity index (χ0n) is 15.5. The lowest BCUT2D eigenvalue weighted by molar-refractivity contribution is 0.0857. The van der Waals surface area contributed by atoms with Crippen molar-refractivity contribution in [1.29, 1.82) is 0 Å². The number of hydrogen-bond donors (Lipinski definition) is 2. The third-order valence-electron chi connectivity index (χ3n) is 4.51. The maximum absolute atomic E-state index is 12.8. The second-order valence-electron chi connectivity index (χ2n) is 6.92. The number of nitrogens with zero attached hydrogens (tertiary/aromatic N) is 1. The quantitative estimate of drug-likeness (QED) is 0.635. The number of benzene rings is 1. The summed E-state index contributed by atoms with van der Waals surface area (Å²) in [6.45, 7) is 1.99. The number of carbonyl (C=O) groups excluding carboxylic acids is 2. The van der Waals surface area contributed by atoms with Gasteiger partial charge in [0.2, 0.25) is 0 Å². The van der Waals surface area contributed by atoms with E-state index in [1.54, 1.807) is 30.4 Å². The molecule has 2 N–H and O–H groups in total. The van der Waals surface area contributed by atoms with Gasteiger partial charge in [-0.1, -0.05) is 24.1 Å². The molecule has 0 spiro atoms. The molecule has 3 rings (SSSR count). The molecule has 1 aliphatic carbocycles. The van der Waals surface area contributed by atoms with Gasteiger partial charge in [0.25, 0.3) is 11.8 Å². The van der Waals surface area contributed by atoms with Gasteiger partial charge >= 0.3 is 0 Å². The summed E-state index contributed by atoms with van der Waals surface area (Å²) < 4.78 is 0. The number of hydrazine groups is 1. The van der Waals surface area contributed by atoms with E-state index >= 15 is 0 Å². The monoisotopic (exact) mass is 371 g/mol. The average molecular weight is 372 g/mol. The molecule has 0 aliphatic heterocycles. The highest BCUT2D eigenvalue weighted by Crippen LogP contribution is 2.37. The summed E-state index contributed by atoms with van der Waals surface area (Å²) in [6.07, 6.45) is 5.26. The molecule has 0 fully saturated rings. The summed E-state index contributed by atoms with van der Waals surface area (Å²) in [5.74, 6) is -0.339. The number of fused-ring (bicyclic) bond motifs is 1. The molecule has 1 aromatic carbocycles. The number of hydrogen-bond acceptors (Lipinski definition) is 4. The summed E-state index contributed by atoms with van der Waals surface area (Å²) in [6, 6.07) is 7.45. The van der Waals surface area contributed by atoms with E-state index in [2.05, 4.69) is 10.7 Å². The maximum atomic E-state index is 12.8. The second-order valence-corrected chi connectivity index (χ2v) is 8.03. The zero-order chi connectivity index (χ0) is 18.7. The zero-order valence-corrected chi connectivity index (χ0v) is 16.3. The van der Waals surface area contributed by atoms with Gasteiger partial charge in [-0.2, -0.15) is 0 Å². The summed E-state index contributed by atoms with van der Waals surface area (Å²) in [5, 5.41) is 5.27. The van der Waals surface area contributed by atoms with Gasteiger partial charge in [-0.3, -0.25) is 15.0 Å². The highest BCUT2D eigenvalue weighted by atomic mass is 32.1. The van der Waals surface area contributed by atoms with Gasteiger partial charge in [0.1, 0.15) is 5.00 Å². The minimum Gasteiger partial charge on any atom is -0.313 e. The van der Waals surface area contributed by atoms with E-state index in [1.165, 1.54) is 11.3 Å². The van der Waals surface area contributed by atoms with Crippen LogP contribution in [0.1, 0.15) is 56.0 Å². The molecule has 2 amide bonds. The van der Waals surface area contributed by atoms with Crippen LogP contribution in [0.5, 0.6) is 0 Å². The normalized spacial score (nSPS) is 13.8. The van der Waals surface area contributed by atoms with Crippen LogP contribution in [0.3, 0.4) is 0 Å². The Morgan fingerprint density at radius 2 is 1.69 bits per heavy atom. The van der Waals surface area contributed by atoms with Crippen molar-refractivity contribution in [2.45, 2.75) is 39.0 Å². The molecular weight excluding hydrogens is 346 g/mol. The highest BCUT2D eigenvalue weighted by Gasteiger charge is 2.26. The van der Waals surface area contributed by atoms with Crippen molar-refractivity contribution in [2.24, 2.45) is 0 Å². The van der Waals surface area contributed by atoms with Crippen LogP contribution in [0.15, 0.2) is 24.3 Å². The number of rotatable bonds is 4. The van der Waals surface area contributed by atoms with Crippen LogP contribution in [0.25, 0.3) is 0 Å². The van der Waals surface area contributed by atoms with Crippen molar-refractivity contribution in [1.82, 2.24) is 10.4 Å². The van der Waals surface area contributed by atoms with E-state index in [-0.39, 0.29) is 11.8 Å². The fourth-order valence-electron chi connectivity index (χ4n) is 3.21. The van der Waals surface area contributed by atoms with Gasteiger partial charge in [-0.25, -0.2) is 5.01 Å². The van der Waals surface area contributed by atoms with Gasteiger partial charge in [0.15, 0.2) is 0 Å². The van der Waals surface area contributed by atoms with Gasteiger partial charge in [-0.05, 0) is 50.3 Å². The molecule has 1 aromatic heterocycles. The van der Waals surface area contributed by atoms with Crippen molar-refractivity contribution in [3.63, 3.8) is 0 Å². The van der Waals surface area contributed by atoms with E-state index in [0.29, 0.717) is 16.1 Å². The molecule has 1 heterocycles. The Morgan fingerprint density at radius 3 is 2.38 bits per heavy atom. The van der Waals surface area contributed by atoms with E-state index in [0.717, 1.165) is 36.8 Å². The molecule has 138 valence electrons. The molecule has 5 nitrogen and oxygen atoms in total. The molecule has 1 aliphatic rings. The van der Waals surface area contributed by atoms with Crippen molar-refractivity contribution in [2.75, 3.05) is 19.4 Å². The third kappa shape index (κ3) is 4.14. The number of carbonyl (C=O) groups is 2. The number of amides is 2. The Kier molecular flexibility index (Phi) is 5.74. The third-order valence-corrected chi connectivity index (χ3v) is 5.72. The first-order valence-electron chi connectivity index (χ1n) is 8.96. The number of anilines is 1. The Balaban J connectivity index is 1.93. The smallest absolute Gasteiger partial charge is 0.268 e. The van der Waals surface area contributed by atoms with E-state index in [4.69, 9.17) is 0 Å². The molecule has 0 bridgehead atoms. The molecule has 0 saturated carbocycles. The molecule has 0 atom stereocenters. The molecule has 2 aromatic rings. The van der Waals surface area contributed by atoms with E-state index < -0.39 is 0 Å². The average Bonchev–Trinajstić information content (AvgIpc) is 2.76. The van der Waals surface area contributed by atoms with Crippen molar-refractivity contribution in [3.8, 4) is 0 Å². The minimum atomic E-state index is -0.180. The van der Waals surface area contributed by atoms with Crippen LogP contribution in [0.4, 0.5) is 5.00 Å². The Morgan fingerprint density at radius 1 is 1.00 bits per heavy atom. The van der Waals surface area contributed by atoms with Crippen LogP contribution in [-0.2, 0) is 12.8 Å². The molecule has 0 saturated heterocycles. The fraction of sp³-hybridized carbons (Fsp3) is 0.400. The predicted molar refractivity (Wildman–Crippen MR) is 106 cm³/mol. The van der Waals surface area contributed by atoms with Gasteiger partial charge < -0.3 is 5.32 Å². The van der Waals surface area contributed by atoms with Crippen LogP contribution < -0.4 is 10.7 Å². The Labute approximate surface area is 158 Å². The van der Waals surface area contributed by atoms with E-state index in [9.17, 15) is 9.59 Å². The van der Waals surface area contributed by atoms with Crippen LogP contribution in [0, 0.1) is 6.92 Å². The predicted octanol–water partition coefficient (Wildman–Crippen LogP) is 3.78. The van der Waals surface area contributed by atoms with Gasteiger partial charge in [0, 0.05) is 24.5 Å². The topological polar surface area (TPSA) is 61.4 Å². The van der Waals surface area contributed by atoms with Crippen LogP contribution in [0.2, 0.25) is 0 Å². The van der Waals surface area contributed by atoms with Crippen LogP contribution in [-0.4, -0.2) is 30.9 Å². The maximum Gasteiger partial charge on any atom is 0.268 e. The number of nitrogens with one attached hydrogen (secondary N) is 2. The first-order chi connectivity index (χ1) is 12.5.